The van der Waals surface area contributed by atoms with Gasteiger partial charge in [-0.1, -0.05) is 0 Å². The van der Waals surface area contributed by atoms with Crippen LogP contribution in [0, 0.1) is 24.0 Å². The summed E-state index contributed by atoms with van der Waals surface area (Å²) < 4.78 is 0. The SMILES string of the molecule is Cc1cc(C)nc(NC(=O)c2cc(O)ccc2[N+](=O)[O-])c1. The Labute approximate surface area is 120 Å². The number of nitrogens with one attached hydrogen (secondary N) is 1. The van der Waals surface area contributed by atoms with E-state index >= 15 is 0 Å². The highest BCUT2D eigenvalue weighted by Crippen LogP contribution is 2.24. The molecule has 0 saturated heterocycles. The molecule has 0 spiro atoms. The van der Waals surface area contributed by atoms with Gasteiger partial charge in [0.2, 0.25) is 0 Å². The van der Waals surface area contributed by atoms with Crippen LogP contribution < -0.4 is 5.32 Å². The fraction of sp³-hybridized carbons (Fsp3) is 0.143. The molecule has 0 aliphatic heterocycles. The Morgan fingerprint density at radius 3 is 2.62 bits per heavy atom. The fourth-order valence-electron chi connectivity index (χ4n) is 1.95. The molecule has 0 radical (unpaired) electrons. The number of anilines is 1. The van der Waals surface area contributed by atoms with Crippen molar-refractivity contribution in [1.82, 2.24) is 4.98 Å². The van der Waals surface area contributed by atoms with Crippen molar-refractivity contribution in [3.05, 3.63) is 57.3 Å². The molecule has 2 N–H and O–H groups in total. The molecule has 0 unspecified atom stereocenters. The van der Waals surface area contributed by atoms with E-state index in [1.54, 1.807) is 13.0 Å². The number of nitrogens with zero attached hydrogens (tertiary/aromatic N) is 2. The van der Waals surface area contributed by atoms with E-state index in [2.05, 4.69) is 10.3 Å². The highest BCUT2D eigenvalue weighted by Gasteiger charge is 2.21. The summed E-state index contributed by atoms with van der Waals surface area (Å²) in [6.45, 7) is 3.63. The number of phenolic OH excluding ortho intramolecular Hbond substituents is 1. The van der Waals surface area contributed by atoms with Crippen molar-refractivity contribution in [3.8, 4) is 5.75 Å². The number of hydrogen-bond acceptors (Lipinski definition) is 5. The molecule has 1 aromatic heterocycles. The van der Waals surface area contributed by atoms with Gasteiger partial charge in [-0.15, -0.1) is 0 Å². The van der Waals surface area contributed by atoms with Crippen molar-refractivity contribution in [2.75, 3.05) is 5.32 Å². The number of rotatable bonds is 3. The number of aromatic hydroxyl groups is 1. The van der Waals surface area contributed by atoms with E-state index < -0.39 is 10.8 Å². The van der Waals surface area contributed by atoms with Crippen LogP contribution >= 0.6 is 0 Å². The Kier molecular flexibility index (Phi) is 3.84. The van der Waals surface area contributed by atoms with Gasteiger partial charge in [-0.3, -0.25) is 14.9 Å². The van der Waals surface area contributed by atoms with Crippen LogP contribution in [-0.2, 0) is 0 Å². The van der Waals surface area contributed by atoms with E-state index in [1.165, 1.54) is 0 Å². The number of benzene rings is 1. The van der Waals surface area contributed by atoms with E-state index in [4.69, 9.17) is 0 Å². The molecular weight excluding hydrogens is 274 g/mol. The molecule has 1 heterocycles. The van der Waals surface area contributed by atoms with E-state index in [0.717, 1.165) is 29.5 Å². The molecule has 7 heteroatoms. The average molecular weight is 287 g/mol. The highest BCUT2D eigenvalue weighted by atomic mass is 16.6. The minimum absolute atomic E-state index is 0.221. The monoisotopic (exact) mass is 287 g/mol. The standard InChI is InChI=1S/C14H13N3O4/c1-8-5-9(2)15-13(6-8)16-14(19)11-7-10(18)3-4-12(11)17(20)21/h3-7,18H,1-2H3,(H,15,16,19). The van der Waals surface area contributed by atoms with Crippen molar-refractivity contribution in [2.45, 2.75) is 13.8 Å². The number of aryl methyl sites for hydroxylation is 2. The second kappa shape index (κ2) is 5.58. The Hall–Kier alpha value is -2.96. The van der Waals surface area contributed by atoms with Gasteiger partial charge in [0, 0.05) is 11.8 Å². The van der Waals surface area contributed by atoms with Crippen LogP contribution in [0.1, 0.15) is 21.6 Å². The smallest absolute Gasteiger partial charge is 0.282 e. The Morgan fingerprint density at radius 1 is 1.29 bits per heavy atom. The van der Waals surface area contributed by atoms with Gasteiger partial charge in [0.05, 0.1) is 4.92 Å². The summed E-state index contributed by atoms with van der Waals surface area (Å²) in [6.07, 6.45) is 0. The molecule has 1 aromatic carbocycles. The minimum atomic E-state index is -0.699. The van der Waals surface area contributed by atoms with Crippen LogP contribution in [0.2, 0.25) is 0 Å². The maximum absolute atomic E-state index is 12.1. The largest absolute Gasteiger partial charge is 0.508 e. The van der Waals surface area contributed by atoms with E-state index in [1.807, 2.05) is 13.0 Å². The predicted molar refractivity (Wildman–Crippen MR) is 76.4 cm³/mol. The lowest BCUT2D eigenvalue weighted by Gasteiger charge is -2.07. The molecule has 2 rings (SSSR count). The topological polar surface area (TPSA) is 105 Å². The van der Waals surface area contributed by atoms with Crippen molar-refractivity contribution in [2.24, 2.45) is 0 Å². The van der Waals surface area contributed by atoms with Gasteiger partial charge < -0.3 is 10.4 Å². The Morgan fingerprint density at radius 2 is 2.00 bits per heavy atom. The predicted octanol–water partition coefficient (Wildman–Crippen LogP) is 2.56. The molecule has 0 aliphatic rings. The lowest BCUT2D eigenvalue weighted by atomic mass is 10.1. The Balaban J connectivity index is 2.36. The molecule has 2 aromatic rings. The number of nitro groups is 1. The second-order valence-electron chi connectivity index (χ2n) is 4.58. The summed E-state index contributed by atoms with van der Waals surface area (Å²) in [7, 11) is 0. The van der Waals surface area contributed by atoms with Gasteiger partial charge in [0.15, 0.2) is 0 Å². The minimum Gasteiger partial charge on any atom is -0.508 e. The van der Waals surface area contributed by atoms with E-state index in [0.29, 0.717) is 5.82 Å². The first kappa shape index (κ1) is 14.4. The van der Waals surface area contributed by atoms with Crippen LogP contribution in [0.25, 0.3) is 0 Å². The lowest BCUT2D eigenvalue weighted by Crippen LogP contribution is -2.15. The molecule has 0 bridgehead atoms. The molecule has 0 aliphatic carbocycles. The van der Waals surface area contributed by atoms with Crippen LogP contribution in [0.15, 0.2) is 30.3 Å². The number of phenols is 1. The number of carbonyl (C=O) groups is 1. The first-order valence-corrected chi connectivity index (χ1v) is 6.11. The summed E-state index contributed by atoms with van der Waals surface area (Å²) in [5, 5.41) is 22.8. The van der Waals surface area contributed by atoms with Crippen LogP contribution in [0.4, 0.5) is 11.5 Å². The molecule has 1 amide bonds. The van der Waals surface area contributed by atoms with E-state index in [9.17, 15) is 20.0 Å². The summed E-state index contributed by atoms with van der Waals surface area (Å²) in [5.74, 6) is -0.621. The zero-order chi connectivity index (χ0) is 15.6. The zero-order valence-corrected chi connectivity index (χ0v) is 11.5. The van der Waals surface area contributed by atoms with E-state index in [-0.39, 0.29) is 17.0 Å². The van der Waals surface area contributed by atoms with Gasteiger partial charge in [-0.25, -0.2) is 4.98 Å². The fourth-order valence-corrected chi connectivity index (χ4v) is 1.95. The van der Waals surface area contributed by atoms with Crippen LogP contribution in [-0.4, -0.2) is 20.9 Å². The normalized spacial score (nSPS) is 10.2. The van der Waals surface area contributed by atoms with Crippen LogP contribution in [0.3, 0.4) is 0 Å². The van der Waals surface area contributed by atoms with Crippen LogP contribution in [0.5, 0.6) is 5.75 Å². The number of hydrogen-bond donors (Lipinski definition) is 2. The first-order valence-electron chi connectivity index (χ1n) is 6.11. The molecule has 21 heavy (non-hydrogen) atoms. The van der Waals surface area contributed by atoms with Gasteiger partial charge in [-0.2, -0.15) is 0 Å². The summed E-state index contributed by atoms with van der Waals surface area (Å²) in [6, 6.07) is 6.78. The first-order chi connectivity index (χ1) is 9.86. The average Bonchev–Trinajstić information content (AvgIpc) is 2.36. The summed E-state index contributed by atoms with van der Waals surface area (Å²) >= 11 is 0. The number of nitro benzene ring substituents is 1. The number of carbonyl (C=O) groups excluding carboxylic acids is 1. The maximum atomic E-state index is 12.1. The second-order valence-corrected chi connectivity index (χ2v) is 4.58. The number of pyridine rings is 1. The molecular formula is C14H13N3O4. The maximum Gasteiger partial charge on any atom is 0.282 e. The quantitative estimate of drug-likeness (QED) is 0.666. The molecule has 7 nitrogen and oxygen atoms in total. The molecule has 0 fully saturated rings. The van der Waals surface area contributed by atoms with Gasteiger partial charge in [-0.05, 0) is 43.7 Å². The zero-order valence-electron chi connectivity index (χ0n) is 11.5. The van der Waals surface area contributed by atoms with Crippen molar-refractivity contribution in [1.29, 1.82) is 0 Å². The number of aromatic nitrogens is 1. The summed E-state index contributed by atoms with van der Waals surface area (Å²) in [4.78, 5) is 26.5. The Bertz CT molecular complexity index is 708. The van der Waals surface area contributed by atoms with Crippen molar-refractivity contribution >= 4 is 17.4 Å². The molecule has 108 valence electrons. The number of amides is 1. The van der Waals surface area contributed by atoms with Crippen molar-refractivity contribution in [3.63, 3.8) is 0 Å². The van der Waals surface area contributed by atoms with Gasteiger partial charge in [0.25, 0.3) is 11.6 Å². The molecule has 0 saturated carbocycles. The third kappa shape index (κ3) is 3.33. The van der Waals surface area contributed by atoms with Gasteiger partial charge >= 0.3 is 0 Å². The third-order valence-electron chi connectivity index (χ3n) is 2.76. The molecule has 0 atom stereocenters. The van der Waals surface area contributed by atoms with Crippen molar-refractivity contribution < 1.29 is 14.8 Å². The third-order valence-corrected chi connectivity index (χ3v) is 2.76. The summed E-state index contributed by atoms with van der Waals surface area (Å²) in [5.41, 5.74) is 1.02. The van der Waals surface area contributed by atoms with Gasteiger partial charge in [0.1, 0.15) is 17.1 Å². The lowest BCUT2D eigenvalue weighted by molar-refractivity contribution is -0.385. The highest BCUT2D eigenvalue weighted by molar-refractivity contribution is 6.06.